The number of hydrogen-bond acceptors (Lipinski definition) is 19. The molecule has 412 valence electrons. The van der Waals surface area contributed by atoms with Crippen LogP contribution in [0.1, 0.15) is 89.4 Å². The lowest BCUT2D eigenvalue weighted by Gasteiger charge is -2.46. The Balaban J connectivity index is 1.62. The Morgan fingerprint density at radius 2 is 1.32 bits per heavy atom. The van der Waals surface area contributed by atoms with Crippen molar-refractivity contribution in [1.29, 1.82) is 0 Å². The molecule has 1 aromatic rings. The quantitative estimate of drug-likeness (QED) is 0.144. The van der Waals surface area contributed by atoms with Gasteiger partial charge < -0.3 is 75.7 Å². The molecular weight excluding hydrogens is 965 g/mol. The molecule has 2 bridgehead atoms. The Bertz CT molecular complexity index is 2100. The van der Waals surface area contributed by atoms with E-state index >= 15 is 0 Å². The Morgan fingerprint density at radius 1 is 0.703 bits per heavy atom. The molecular formula is C53H78N4O17. The number of carbonyl (C=O) groups is 3. The van der Waals surface area contributed by atoms with E-state index in [-0.39, 0.29) is 37.2 Å². The topological polar surface area (TPSA) is 353 Å². The Kier molecular flexibility index (Phi) is 25.6. The zero-order chi connectivity index (χ0) is 54.5. The minimum Gasteiger partial charge on any atom is -0.462 e. The van der Waals surface area contributed by atoms with Gasteiger partial charge in [-0.3, -0.25) is 30.2 Å². The molecule has 0 saturated carbocycles. The van der Waals surface area contributed by atoms with Crippen molar-refractivity contribution in [3.8, 4) is 0 Å². The smallest absolute Gasteiger partial charge is 0.308 e. The fourth-order valence-corrected chi connectivity index (χ4v) is 8.76. The lowest BCUT2D eigenvalue weighted by molar-refractivity contribution is -0.307. The summed E-state index contributed by atoms with van der Waals surface area (Å²) in [6, 6.07) is 1.78. The summed E-state index contributed by atoms with van der Waals surface area (Å²) in [6.45, 7) is 6.74. The number of allylic oxidation sites excluding steroid dienone is 12. The van der Waals surface area contributed by atoms with Gasteiger partial charge in [0.2, 0.25) is 5.91 Å². The summed E-state index contributed by atoms with van der Waals surface area (Å²) >= 11 is 0. The van der Waals surface area contributed by atoms with E-state index in [0.29, 0.717) is 0 Å². The maximum Gasteiger partial charge on any atom is 0.308 e. The van der Waals surface area contributed by atoms with Crippen LogP contribution < -0.4 is 16.6 Å². The van der Waals surface area contributed by atoms with Gasteiger partial charge in [0.15, 0.2) is 12.1 Å². The van der Waals surface area contributed by atoms with E-state index in [2.05, 4.69) is 15.8 Å². The average molecular weight is 1040 g/mol. The Hall–Kier alpha value is -4.82. The van der Waals surface area contributed by atoms with E-state index in [1.165, 1.54) is 37.5 Å². The lowest BCUT2D eigenvalue weighted by atomic mass is 9.82. The summed E-state index contributed by atoms with van der Waals surface area (Å²) in [6.07, 6.45) is 5.65. The maximum atomic E-state index is 13.9. The van der Waals surface area contributed by atoms with E-state index in [1.807, 2.05) is 13.0 Å². The molecule has 21 nitrogen and oxygen atoms in total. The second kappa shape index (κ2) is 30.7. The van der Waals surface area contributed by atoms with E-state index in [0.717, 1.165) is 0 Å². The average Bonchev–Trinajstić information content (AvgIpc) is 3.34. The van der Waals surface area contributed by atoms with Gasteiger partial charge >= 0.3 is 5.97 Å². The molecule has 19 atom stereocenters. The summed E-state index contributed by atoms with van der Waals surface area (Å²) in [7, 11) is 0. The van der Waals surface area contributed by atoms with Crippen LogP contribution in [0.2, 0.25) is 0 Å². The van der Waals surface area contributed by atoms with Gasteiger partial charge in [0.05, 0.1) is 91.1 Å². The minimum atomic E-state index is -2.38. The van der Waals surface area contributed by atoms with Gasteiger partial charge in [-0.1, -0.05) is 98.9 Å². The number of aliphatic hydroxyl groups is 10. The Morgan fingerprint density at radius 3 is 1.95 bits per heavy atom. The largest absolute Gasteiger partial charge is 0.462 e. The van der Waals surface area contributed by atoms with Crippen molar-refractivity contribution in [2.45, 2.75) is 177 Å². The Labute approximate surface area is 432 Å². The van der Waals surface area contributed by atoms with E-state index in [4.69, 9.17) is 24.7 Å². The van der Waals surface area contributed by atoms with Gasteiger partial charge in [0.1, 0.15) is 12.2 Å². The highest BCUT2D eigenvalue weighted by molar-refractivity contribution is 5.95. The maximum absolute atomic E-state index is 13.9. The molecule has 2 saturated heterocycles. The van der Waals surface area contributed by atoms with Gasteiger partial charge in [-0.25, -0.2) is 0 Å². The van der Waals surface area contributed by atoms with Crippen molar-refractivity contribution in [2.75, 3.05) is 0 Å². The second-order valence-electron chi connectivity index (χ2n) is 19.4. The molecule has 4 rings (SSSR count). The molecule has 0 aromatic carbocycles. The first kappa shape index (κ1) is 61.7. The minimum absolute atomic E-state index is 0.104. The number of cyclic esters (lactones) is 1. The fourth-order valence-electron chi connectivity index (χ4n) is 8.76. The number of rotatable bonds is 4. The summed E-state index contributed by atoms with van der Waals surface area (Å²) in [5, 5.41) is 110. The first-order chi connectivity index (χ1) is 35.1. The van der Waals surface area contributed by atoms with Crippen LogP contribution in [0, 0.1) is 17.8 Å². The number of amides is 2. The van der Waals surface area contributed by atoms with Crippen LogP contribution in [0.3, 0.4) is 0 Å². The molecule has 21 heteroatoms. The van der Waals surface area contributed by atoms with Gasteiger partial charge in [-0.15, -0.1) is 0 Å². The number of nitrogens with two attached hydrogens (primary N) is 1. The van der Waals surface area contributed by atoms with Gasteiger partial charge in [-0.2, -0.15) is 0 Å². The van der Waals surface area contributed by atoms with Crippen LogP contribution in [0.25, 0.3) is 0 Å². The SMILES string of the molecule is C[C@@H]1[C@H](O)[C@@H](C)/C=C/C=C/C=C/C=C/C=C/C=C/C=C/[C@H](O[C@H]2O[C@@H](C)[C@@H](O)[C@H](N)[C@@H]2O)C[C@@H]2O[C@](O)(C[C@@H](O)C[C@@H](O)[C@H](O)CC[C@@H](O)C[C@@H](O)CC(=O)O[C@H]1C)C[C@H](O)[C@H]2C(=O)NNC(=O)c1cccnc1. The molecule has 74 heavy (non-hydrogen) atoms. The van der Waals surface area contributed by atoms with Crippen LogP contribution >= 0.6 is 0 Å². The standard InChI is InChI=1S/C53H78N4O17/c1-31-18-15-13-11-9-7-5-6-8-10-12-14-16-20-39(73-52-49(67)46(54)48(66)34(4)72-52)27-43-45(51(69)57-56-50(68)35-19-17-23-55-30-35)42(63)29-53(70,74-43)28-38(60)25-41(62)40(61)22-21-36(58)24-37(59)26-44(64)71-33(3)32(2)47(31)65/h5-20,23,30-34,36-43,45-49,52,58-63,65-67,70H,21-22,24-29,54H2,1-4H3,(H,56,68)(H,57,69)/b6-5+,9-7+,10-8+,13-11+,14-12+,18-15+,20-16+/t31-,32-,33-,34-,36+,37+,38-,39-,40+,41+,42-,43-,45+,46-,47+,48+,49-,52+,53+/m0/s1. The zero-order valence-electron chi connectivity index (χ0n) is 42.3. The number of aliphatic hydroxyl groups excluding tert-OH is 9. The van der Waals surface area contributed by atoms with E-state index < -0.39 is 153 Å². The number of ether oxygens (including phenoxy) is 4. The molecule has 0 radical (unpaired) electrons. The molecule has 3 aliphatic heterocycles. The number of aromatic nitrogens is 1. The van der Waals surface area contributed by atoms with Gasteiger partial charge in [0, 0.05) is 49.9 Å². The highest BCUT2D eigenvalue weighted by Gasteiger charge is 2.51. The number of esters is 1. The summed E-state index contributed by atoms with van der Waals surface area (Å²) in [5.74, 6) is -7.07. The van der Waals surface area contributed by atoms with Gasteiger partial charge in [0.25, 0.3) is 5.91 Å². The van der Waals surface area contributed by atoms with E-state index in [9.17, 15) is 65.4 Å². The number of pyridine rings is 1. The van der Waals surface area contributed by atoms with Crippen molar-refractivity contribution in [3.05, 3.63) is 115 Å². The van der Waals surface area contributed by atoms with Crippen LogP contribution in [-0.4, -0.2) is 171 Å². The van der Waals surface area contributed by atoms with Crippen molar-refractivity contribution < 1.29 is 84.4 Å². The summed E-state index contributed by atoms with van der Waals surface area (Å²) in [4.78, 5) is 43.3. The van der Waals surface area contributed by atoms with Gasteiger partial charge in [-0.05, 0) is 45.2 Å². The monoisotopic (exact) mass is 1040 g/mol. The van der Waals surface area contributed by atoms with Crippen LogP contribution in [0.5, 0.6) is 0 Å². The molecule has 2 fully saturated rings. The first-order valence-electron chi connectivity index (χ1n) is 25.1. The number of hydrazine groups is 1. The first-order valence-corrected chi connectivity index (χ1v) is 25.1. The number of carbonyl (C=O) groups excluding carboxylic acids is 3. The molecule has 0 unspecified atom stereocenters. The third-order valence-electron chi connectivity index (χ3n) is 13.3. The molecule has 4 heterocycles. The molecule has 1 aromatic heterocycles. The predicted molar refractivity (Wildman–Crippen MR) is 269 cm³/mol. The molecule has 0 spiro atoms. The molecule has 14 N–H and O–H groups in total. The highest BCUT2D eigenvalue weighted by atomic mass is 16.7. The highest BCUT2D eigenvalue weighted by Crippen LogP contribution is 2.38. The number of nitrogens with one attached hydrogen (secondary N) is 2. The number of hydrogen-bond donors (Lipinski definition) is 13. The van der Waals surface area contributed by atoms with Crippen molar-refractivity contribution in [1.82, 2.24) is 15.8 Å². The van der Waals surface area contributed by atoms with Crippen molar-refractivity contribution >= 4 is 17.8 Å². The third kappa shape index (κ3) is 20.0. The van der Waals surface area contributed by atoms with Crippen LogP contribution in [0.15, 0.2) is 110 Å². The lowest BCUT2D eigenvalue weighted by Crippen LogP contribution is -2.62. The fraction of sp³-hybridized carbons (Fsp3) is 0.585. The third-order valence-corrected chi connectivity index (χ3v) is 13.3. The normalized spacial score (nSPS) is 41.2. The zero-order valence-corrected chi connectivity index (χ0v) is 42.3. The molecule has 0 aliphatic carbocycles. The van der Waals surface area contributed by atoms with Crippen LogP contribution in [-0.2, 0) is 28.5 Å². The molecule has 3 aliphatic rings. The summed E-state index contributed by atoms with van der Waals surface area (Å²) < 4.78 is 23.6. The second-order valence-corrected chi connectivity index (χ2v) is 19.4. The van der Waals surface area contributed by atoms with Crippen molar-refractivity contribution in [2.24, 2.45) is 23.5 Å². The summed E-state index contributed by atoms with van der Waals surface area (Å²) in [5.41, 5.74) is 10.8. The number of fused-ring (bicyclic) bond motifs is 2. The molecule has 2 amide bonds. The predicted octanol–water partition coefficient (Wildman–Crippen LogP) is 0.483. The van der Waals surface area contributed by atoms with Crippen LogP contribution in [0.4, 0.5) is 0 Å². The number of nitrogens with zero attached hydrogens (tertiary/aromatic N) is 1. The van der Waals surface area contributed by atoms with Crippen molar-refractivity contribution in [3.63, 3.8) is 0 Å². The van der Waals surface area contributed by atoms with E-state index in [1.54, 1.807) is 86.8 Å².